The van der Waals surface area contributed by atoms with Crippen LogP contribution in [0, 0.1) is 0 Å². The van der Waals surface area contributed by atoms with Gasteiger partial charge in [0.2, 0.25) is 5.91 Å². The third-order valence-corrected chi connectivity index (χ3v) is 4.18. The molecule has 3 aromatic rings. The van der Waals surface area contributed by atoms with Gasteiger partial charge < -0.3 is 9.88 Å². The molecule has 25 heavy (non-hydrogen) atoms. The minimum absolute atomic E-state index is 0.226. The standard InChI is InChI=1S/C18H16ClN3O3/c1-21-14-7-2-3-8-15(14)22(18(25)17(21)24)11-16(23)20-10-12-5-4-6-13(19)9-12/h2-9H,10-11H2,1H3,(H,20,23). The smallest absolute Gasteiger partial charge is 0.317 e. The fourth-order valence-corrected chi connectivity index (χ4v) is 2.87. The highest BCUT2D eigenvalue weighted by Gasteiger charge is 2.13. The van der Waals surface area contributed by atoms with E-state index in [1.165, 1.54) is 16.2 Å². The Labute approximate surface area is 148 Å². The van der Waals surface area contributed by atoms with E-state index in [4.69, 9.17) is 11.6 Å². The van der Waals surface area contributed by atoms with Gasteiger partial charge in [-0.1, -0.05) is 35.9 Å². The maximum Gasteiger partial charge on any atom is 0.317 e. The number of nitrogens with zero attached hydrogens (tertiary/aromatic N) is 2. The number of nitrogens with one attached hydrogen (secondary N) is 1. The zero-order valence-electron chi connectivity index (χ0n) is 13.5. The summed E-state index contributed by atoms with van der Waals surface area (Å²) in [6.07, 6.45) is 0. The van der Waals surface area contributed by atoms with Crippen LogP contribution in [0.5, 0.6) is 0 Å². The van der Waals surface area contributed by atoms with Crippen molar-refractivity contribution in [2.45, 2.75) is 13.1 Å². The van der Waals surface area contributed by atoms with E-state index in [1.807, 2.05) is 6.07 Å². The normalized spacial score (nSPS) is 10.8. The maximum atomic E-state index is 12.3. The molecule has 1 N–H and O–H groups in total. The number of carbonyl (C=O) groups excluding carboxylic acids is 1. The van der Waals surface area contributed by atoms with Crippen molar-refractivity contribution in [2.24, 2.45) is 7.05 Å². The number of aryl methyl sites for hydroxylation is 1. The van der Waals surface area contributed by atoms with Crippen LogP contribution in [0.4, 0.5) is 0 Å². The quantitative estimate of drug-likeness (QED) is 0.722. The van der Waals surface area contributed by atoms with Crippen molar-refractivity contribution in [3.63, 3.8) is 0 Å². The van der Waals surface area contributed by atoms with Crippen LogP contribution in [-0.4, -0.2) is 15.0 Å². The van der Waals surface area contributed by atoms with Gasteiger partial charge in [-0.2, -0.15) is 0 Å². The molecule has 2 aromatic carbocycles. The molecule has 128 valence electrons. The second kappa shape index (κ2) is 6.94. The number of benzene rings is 2. The summed E-state index contributed by atoms with van der Waals surface area (Å²) in [5.41, 5.74) is 0.588. The first-order valence-corrected chi connectivity index (χ1v) is 8.05. The number of hydrogen-bond donors (Lipinski definition) is 1. The zero-order chi connectivity index (χ0) is 18.0. The Morgan fingerprint density at radius 2 is 1.76 bits per heavy atom. The van der Waals surface area contributed by atoms with E-state index in [-0.39, 0.29) is 19.0 Å². The van der Waals surface area contributed by atoms with Gasteiger partial charge >= 0.3 is 11.1 Å². The molecule has 0 unspecified atom stereocenters. The van der Waals surface area contributed by atoms with Crippen molar-refractivity contribution >= 4 is 28.5 Å². The van der Waals surface area contributed by atoms with Gasteiger partial charge in [0.05, 0.1) is 11.0 Å². The molecule has 0 bridgehead atoms. The van der Waals surface area contributed by atoms with Gasteiger partial charge in [-0.05, 0) is 29.8 Å². The fourth-order valence-electron chi connectivity index (χ4n) is 2.66. The lowest BCUT2D eigenvalue weighted by Gasteiger charge is -2.12. The molecule has 1 amide bonds. The molecule has 0 spiro atoms. The number of aromatic nitrogens is 2. The summed E-state index contributed by atoms with van der Waals surface area (Å²) in [5, 5.41) is 3.32. The monoisotopic (exact) mass is 357 g/mol. The first-order valence-electron chi connectivity index (χ1n) is 7.67. The maximum absolute atomic E-state index is 12.3. The molecule has 7 heteroatoms. The molecule has 1 heterocycles. The topological polar surface area (TPSA) is 73.1 Å². The minimum Gasteiger partial charge on any atom is -0.350 e. The molecule has 6 nitrogen and oxygen atoms in total. The first-order chi connectivity index (χ1) is 12.0. The summed E-state index contributed by atoms with van der Waals surface area (Å²) in [6, 6.07) is 14.1. The summed E-state index contributed by atoms with van der Waals surface area (Å²) in [5.74, 6) is -0.361. The number of amides is 1. The lowest BCUT2D eigenvalue weighted by atomic mass is 10.2. The average molecular weight is 358 g/mol. The van der Waals surface area contributed by atoms with Gasteiger partial charge in [-0.15, -0.1) is 0 Å². The summed E-state index contributed by atoms with van der Waals surface area (Å²) in [4.78, 5) is 36.6. The summed E-state index contributed by atoms with van der Waals surface area (Å²) >= 11 is 5.91. The van der Waals surface area contributed by atoms with E-state index in [9.17, 15) is 14.4 Å². The third kappa shape index (κ3) is 3.49. The van der Waals surface area contributed by atoms with Crippen molar-refractivity contribution < 1.29 is 4.79 Å². The predicted molar refractivity (Wildman–Crippen MR) is 96.7 cm³/mol. The van der Waals surface area contributed by atoms with E-state index in [0.717, 1.165) is 5.56 Å². The van der Waals surface area contributed by atoms with E-state index >= 15 is 0 Å². The van der Waals surface area contributed by atoms with Gasteiger partial charge in [0.25, 0.3) is 0 Å². The predicted octanol–water partition coefficient (Wildman–Crippen LogP) is 1.67. The molecule has 1 aromatic heterocycles. The van der Waals surface area contributed by atoms with E-state index < -0.39 is 11.1 Å². The van der Waals surface area contributed by atoms with Gasteiger partial charge in [0.15, 0.2) is 0 Å². The van der Waals surface area contributed by atoms with E-state index in [0.29, 0.717) is 16.1 Å². The third-order valence-electron chi connectivity index (χ3n) is 3.95. The lowest BCUT2D eigenvalue weighted by Crippen LogP contribution is -2.43. The highest BCUT2D eigenvalue weighted by molar-refractivity contribution is 6.30. The van der Waals surface area contributed by atoms with E-state index in [1.54, 1.807) is 42.5 Å². The number of hydrogen-bond acceptors (Lipinski definition) is 3. The Bertz CT molecular complexity index is 1070. The number of para-hydroxylation sites is 2. The van der Waals surface area contributed by atoms with Crippen LogP contribution in [0.25, 0.3) is 11.0 Å². The number of rotatable bonds is 4. The molecular weight excluding hydrogens is 342 g/mol. The average Bonchev–Trinajstić information content (AvgIpc) is 2.62. The minimum atomic E-state index is -0.723. The Balaban J connectivity index is 1.86. The van der Waals surface area contributed by atoms with Gasteiger partial charge in [-0.25, -0.2) is 0 Å². The molecule has 0 atom stereocenters. The van der Waals surface area contributed by atoms with Crippen LogP contribution in [0.1, 0.15) is 5.56 Å². The molecule has 0 aliphatic rings. The van der Waals surface area contributed by atoms with Crippen molar-refractivity contribution in [1.29, 1.82) is 0 Å². The molecule has 0 fully saturated rings. The molecule has 0 aliphatic heterocycles. The lowest BCUT2D eigenvalue weighted by molar-refractivity contribution is -0.121. The summed E-state index contributed by atoms with van der Waals surface area (Å²) < 4.78 is 2.49. The fraction of sp³-hybridized carbons (Fsp3) is 0.167. The molecule has 0 saturated heterocycles. The SMILES string of the molecule is Cn1c(=O)c(=O)n(CC(=O)NCc2cccc(Cl)c2)c2ccccc21. The van der Waals surface area contributed by atoms with Crippen molar-refractivity contribution in [2.75, 3.05) is 0 Å². The Kier molecular flexibility index (Phi) is 4.72. The molecule has 0 radical (unpaired) electrons. The largest absolute Gasteiger partial charge is 0.350 e. The van der Waals surface area contributed by atoms with Crippen LogP contribution in [0.15, 0.2) is 58.1 Å². The zero-order valence-corrected chi connectivity index (χ0v) is 14.3. The highest BCUT2D eigenvalue weighted by atomic mass is 35.5. The highest BCUT2D eigenvalue weighted by Crippen LogP contribution is 2.11. The first kappa shape index (κ1) is 17.0. The summed E-state index contributed by atoms with van der Waals surface area (Å²) in [6.45, 7) is 0.0624. The number of fused-ring (bicyclic) bond motifs is 1. The van der Waals surface area contributed by atoms with Gasteiger partial charge in [0, 0.05) is 18.6 Å². The van der Waals surface area contributed by atoms with Crippen LogP contribution < -0.4 is 16.4 Å². The van der Waals surface area contributed by atoms with Crippen LogP contribution in [0.2, 0.25) is 5.02 Å². The van der Waals surface area contributed by atoms with Gasteiger partial charge in [0.1, 0.15) is 6.54 Å². The Hall–Kier alpha value is -2.86. The Morgan fingerprint density at radius 3 is 2.48 bits per heavy atom. The second-order valence-electron chi connectivity index (χ2n) is 5.65. The number of carbonyl (C=O) groups is 1. The van der Waals surface area contributed by atoms with E-state index in [2.05, 4.69) is 5.32 Å². The number of halogens is 1. The van der Waals surface area contributed by atoms with Crippen LogP contribution in [0.3, 0.4) is 0 Å². The Morgan fingerprint density at radius 1 is 1.04 bits per heavy atom. The van der Waals surface area contributed by atoms with Crippen molar-refractivity contribution in [1.82, 2.24) is 14.5 Å². The molecule has 0 saturated carbocycles. The summed E-state index contributed by atoms with van der Waals surface area (Å²) in [7, 11) is 1.54. The van der Waals surface area contributed by atoms with Crippen LogP contribution in [-0.2, 0) is 24.9 Å². The molecular formula is C18H16ClN3O3. The van der Waals surface area contributed by atoms with Crippen molar-refractivity contribution in [3.05, 3.63) is 79.8 Å². The van der Waals surface area contributed by atoms with Crippen LogP contribution >= 0.6 is 11.6 Å². The second-order valence-corrected chi connectivity index (χ2v) is 6.09. The van der Waals surface area contributed by atoms with Gasteiger partial charge in [-0.3, -0.25) is 19.0 Å². The molecule has 0 aliphatic carbocycles. The molecule has 3 rings (SSSR count). The van der Waals surface area contributed by atoms with Crippen molar-refractivity contribution in [3.8, 4) is 0 Å².